The molecule has 10 aromatic rings. The van der Waals surface area contributed by atoms with Gasteiger partial charge in [0.25, 0.3) is 0 Å². The number of nitrogens with two attached hydrogens (primary N) is 3. The van der Waals surface area contributed by atoms with Crippen molar-refractivity contribution in [2.75, 3.05) is 17.2 Å². The van der Waals surface area contributed by atoms with Crippen LogP contribution in [-0.2, 0) is 0 Å². The largest absolute Gasteiger partial charge is 0.400 e. The second-order valence-corrected chi connectivity index (χ2v) is 16.3. The van der Waals surface area contributed by atoms with E-state index in [2.05, 4.69) is 146 Å². The Morgan fingerprint density at radius 1 is 0.262 bits per heavy atom. The van der Waals surface area contributed by atoms with Gasteiger partial charge in [0.15, 0.2) is 17.5 Å². The van der Waals surface area contributed by atoms with Gasteiger partial charge in [0.05, 0.1) is 0 Å². The average molecular weight is 835 g/mol. The van der Waals surface area contributed by atoms with Crippen LogP contribution in [0.5, 0.6) is 0 Å². The number of benzene rings is 9. The lowest BCUT2D eigenvalue weighted by Crippen LogP contribution is -2.58. The molecule has 0 aliphatic carbocycles. The average Bonchev–Trinajstić information content (AvgIpc) is 3.37. The minimum absolute atomic E-state index is 0.247. The Balaban J connectivity index is 1.22. The molecular formula is C57H44B2N6. The summed E-state index contributed by atoms with van der Waals surface area (Å²) in [5.41, 5.74) is 35.3. The molecule has 1 heterocycles. The third kappa shape index (κ3) is 8.66. The number of rotatable bonds is 11. The van der Waals surface area contributed by atoms with Crippen molar-refractivity contribution in [1.29, 1.82) is 0 Å². The maximum absolute atomic E-state index is 7.72. The molecule has 6 N–H and O–H groups in total. The number of hydrogen-bond acceptors (Lipinski definition) is 6. The molecule has 0 aliphatic rings. The van der Waals surface area contributed by atoms with Gasteiger partial charge in [0.2, 0.25) is 13.4 Å². The van der Waals surface area contributed by atoms with E-state index in [4.69, 9.17) is 32.2 Å². The quantitative estimate of drug-likeness (QED) is 0.0900. The zero-order chi connectivity index (χ0) is 44.1. The zero-order valence-corrected chi connectivity index (χ0v) is 35.7. The van der Waals surface area contributed by atoms with Crippen molar-refractivity contribution in [2.45, 2.75) is 0 Å². The Morgan fingerprint density at radius 2 is 0.538 bits per heavy atom. The van der Waals surface area contributed by atoms with Gasteiger partial charge in [-0.05, 0) is 57.4 Å². The molecule has 0 fully saturated rings. The molecule has 1 aromatic heterocycles. The van der Waals surface area contributed by atoms with Crippen LogP contribution in [0.2, 0.25) is 0 Å². The first kappa shape index (κ1) is 40.6. The van der Waals surface area contributed by atoms with Gasteiger partial charge in [-0.15, -0.1) is 0 Å². The van der Waals surface area contributed by atoms with E-state index in [1.54, 1.807) is 0 Å². The molecule has 65 heavy (non-hydrogen) atoms. The highest BCUT2D eigenvalue weighted by Gasteiger charge is 2.31. The number of hydrogen-bond donors (Lipinski definition) is 3. The van der Waals surface area contributed by atoms with E-state index in [9.17, 15) is 0 Å². The molecule has 0 radical (unpaired) electrons. The van der Waals surface area contributed by atoms with Gasteiger partial charge in [0.1, 0.15) is 0 Å². The van der Waals surface area contributed by atoms with Gasteiger partial charge in [-0.25, -0.2) is 15.0 Å². The van der Waals surface area contributed by atoms with E-state index in [1.807, 2.05) is 84.9 Å². The first-order valence-corrected chi connectivity index (χ1v) is 21.8. The number of nitrogen functional groups attached to an aromatic ring is 3. The molecule has 0 aliphatic heterocycles. The van der Waals surface area contributed by atoms with Crippen LogP contribution >= 0.6 is 0 Å². The van der Waals surface area contributed by atoms with Crippen LogP contribution in [0, 0.1) is 0 Å². The fourth-order valence-corrected chi connectivity index (χ4v) is 8.72. The van der Waals surface area contributed by atoms with Gasteiger partial charge >= 0.3 is 0 Å². The molecule has 0 saturated carbocycles. The van der Waals surface area contributed by atoms with Gasteiger partial charge in [-0.3, -0.25) is 0 Å². The summed E-state index contributed by atoms with van der Waals surface area (Å²) < 4.78 is 0. The third-order valence-electron chi connectivity index (χ3n) is 12.1. The smallest absolute Gasteiger partial charge is 0.243 e. The van der Waals surface area contributed by atoms with Crippen LogP contribution in [0.1, 0.15) is 0 Å². The summed E-state index contributed by atoms with van der Waals surface area (Å²) >= 11 is 0. The fourth-order valence-electron chi connectivity index (χ4n) is 8.72. The molecule has 0 bridgehead atoms. The SMILES string of the molecule is Nc1ccc(-c2ccc(B(c3ccccc3)c3cc(-c4nc(-c5ccccc5)nc(-c5ccccc5)n4)cc(B(c4ccccc4)c4ccc(-c5ccc(N)cc5)cc4)c3N)cc2)cc1. The first-order chi connectivity index (χ1) is 31.9. The van der Waals surface area contributed by atoms with Gasteiger partial charge in [-0.1, -0.05) is 228 Å². The van der Waals surface area contributed by atoms with Crippen LogP contribution < -0.4 is 50.0 Å². The minimum Gasteiger partial charge on any atom is -0.400 e. The van der Waals surface area contributed by atoms with Crippen molar-refractivity contribution < 1.29 is 0 Å². The van der Waals surface area contributed by atoms with Gasteiger partial charge in [-0.2, -0.15) is 0 Å². The standard InChI is InChI=1S/C57H44B2N6/c60-50-33-25-41(26-34-50)39-21-29-48(30-22-39)58(46-17-9-3-10-18-46)52-37-45(57-64-55(43-13-5-1-6-14-43)63-56(65-57)44-15-7-2-8-16-44)38-53(54(52)62)59(47-19-11-4-12-20-47)49-31-23-40(24-32-49)42-27-35-51(61)36-28-42/h1-38H,60-62H2. The Labute approximate surface area is 380 Å². The predicted octanol–water partition coefficient (Wildman–Crippen LogP) is 7.99. The Kier molecular flexibility index (Phi) is 11.3. The molecule has 9 aromatic carbocycles. The molecule has 0 spiro atoms. The lowest BCUT2D eigenvalue weighted by Gasteiger charge is -2.25. The van der Waals surface area contributed by atoms with E-state index in [-0.39, 0.29) is 13.4 Å². The fraction of sp³-hybridized carbons (Fsp3) is 0. The molecule has 0 saturated heterocycles. The summed E-state index contributed by atoms with van der Waals surface area (Å²) in [5, 5.41) is 0. The van der Waals surface area contributed by atoms with Crippen LogP contribution in [-0.4, -0.2) is 28.4 Å². The van der Waals surface area contributed by atoms with Crippen LogP contribution in [0.3, 0.4) is 0 Å². The van der Waals surface area contributed by atoms with Crippen molar-refractivity contribution in [1.82, 2.24) is 15.0 Å². The number of anilines is 3. The molecule has 0 atom stereocenters. The highest BCUT2D eigenvalue weighted by molar-refractivity contribution is 6.99. The molecular weight excluding hydrogens is 790 g/mol. The van der Waals surface area contributed by atoms with Gasteiger partial charge in [0, 0.05) is 33.8 Å². The number of aromatic nitrogens is 3. The minimum atomic E-state index is -0.247. The van der Waals surface area contributed by atoms with Crippen LogP contribution in [0.25, 0.3) is 56.4 Å². The van der Waals surface area contributed by atoms with Crippen molar-refractivity contribution in [2.24, 2.45) is 0 Å². The second kappa shape index (κ2) is 18.1. The normalized spacial score (nSPS) is 11.0. The summed E-state index contributed by atoms with van der Waals surface area (Å²) in [4.78, 5) is 15.5. The maximum atomic E-state index is 7.72. The van der Waals surface area contributed by atoms with E-state index < -0.39 is 0 Å². The van der Waals surface area contributed by atoms with Crippen molar-refractivity contribution in [3.63, 3.8) is 0 Å². The Hall–Kier alpha value is -8.48. The van der Waals surface area contributed by atoms with Gasteiger partial charge < -0.3 is 17.2 Å². The molecule has 6 nitrogen and oxygen atoms in total. The highest BCUT2D eigenvalue weighted by Crippen LogP contribution is 2.26. The molecule has 0 unspecified atom stereocenters. The summed E-state index contributed by atoms with van der Waals surface area (Å²) in [5.74, 6) is 1.73. The predicted molar refractivity (Wildman–Crippen MR) is 275 cm³/mol. The molecule has 0 amide bonds. The molecule has 8 heteroatoms. The van der Waals surface area contributed by atoms with Crippen LogP contribution in [0.15, 0.2) is 231 Å². The topological polar surface area (TPSA) is 117 Å². The summed E-state index contributed by atoms with van der Waals surface area (Å²) in [6.07, 6.45) is 0. The number of nitrogens with zero attached hydrogens (tertiary/aromatic N) is 3. The third-order valence-corrected chi connectivity index (χ3v) is 12.1. The summed E-state index contributed by atoms with van der Waals surface area (Å²) in [6.45, 7) is -0.493. The highest BCUT2D eigenvalue weighted by atomic mass is 15.0. The summed E-state index contributed by atoms with van der Waals surface area (Å²) in [6, 6.07) is 79.3. The van der Waals surface area contributed by atoms with Crippen molar-refractivity contribution in [3.05, 3.63) is 231 Å². The molecule has 308 valence electrons. The van der Waals surface area contributed by atoms with E-state index in [0.717, 1.165) is 83.1 Å². The van der Waals surface area contributed by atoms with E-state index in [1.165, 1.54) is 0 Å². The van der Waals surface area contributed by atoms with E-state index >= 15 is 0 Å². The lowest BCUT2D eigenvalue weighted by atomic mass is 9.33. The monoisotopic (exact) mass is 834 g/mol. The van der Waals surface area contributed by atoms with Crippen molar-refractivity contribution in [3.8, 4) is 56.4 Å². The van der Waals surface area contributed by atoms with Crippen LogP contribution in [0.4, 0.5) is 17.1 Å². The van der Waals surface area contributed by atoms with E-state index in [0.29, 0.717) is 23.2 Å². The van der Waals surface area contributed by atoms with Crippen molar-refractivity contribution >= 4 is 63.3 Å². The summed E-state index contributed by atoms with van der Waals surface area (Å²) in [7, 11) is 0. The lowest BCUT2D eigenvalue weighted by molar-refractivity contribution is 1.07. The first-order valence-electron chi connectivity index (χ1n) is 21.8. The maximum Gasteiger partial charge on any atom is 0.243 e. The Morgan fingerprint density at radius 3 is 0.877 bits per heavy atom. The Bertz CT molecular complexity index is 2980. The zero-order valence-electron chi connectivity index (χ0n) is 35.7. The second-order valence-electron chi connectivity index (χ2n) is 16.3. The molecule has 10 rings (SSSR count).